The van der Waals surface area contributed by atoms with E-state index in [1.807, 2.05) is 0 Å². The van der Waals surface area contributed by atoms with E-state index in [-0.39, 0.29) is 6.61 Å². The second-order valence-electron chi connectivity index (χ2n) is 1.99. The molecule has 0 aromatic rings. The first kappa shape index (κ1) is 9.55. The Bertz CT molecular complexity index is 87.8. The van der Waals surface area contributed by atoms with Gasteiger partial charge in [0.1, 0.15) is 0 Å². The van der Waals surface area contributed by atoms with Crippen LogP contribution in [0.2, 0.25) is 0 Å². The zero-order valence-electron chi connectivity index (χ0n) is 5.95. The monoisotopic (exact) mass is 146 g/mol. The van der Waals surface area contributed by atoms with Gasteiger partial charge in [-0.3, -0.25) is 4.99 Å². The molecule has 60 valence electrons. The third-order valence-corrected chi connectivity index (χ3v) is 1.04. The van der Waals surface area contributed by atoms with Gasteiger partial charge < -0.3 is 15.5 Å². The van der Waals surface area contributed by atoms with E-state index in [9.17, 15) is 0 Å². The van der Waals surface area contributed by atoms with Gasteiger partial charge in [-0.2, -0.15) is 0 Å². The van der Waals surface area contributed by atoms with Crippen molar-refractivity contribution in [3.8, 4) is 0 Å². The average molecular weight is 146 g/mol. The molecule has 0 bridgehead atoms. The minimum Gasteiger partial charge on any atom is -0.394 e. The van der Waals surface area contributed by atoms with Crippen molar-refractivity contribution < 1.29 is 10.2 Å². The lowest BCUT2D eigenvalue weighted by atomic mass is 10.4. The van der Waals surface area contributed by atoms with E-state index < -0.39 is 6.10 Å². The van der Waals surface area contributed by atoms with Crippen LogP contribution in [0.4, 0.5) is 0 Å². The maximum Gasteiger partial charge on any atom is 0.0894 e. The minimum atomic E-state index is -0.662. The van der Waals surface area contributed by atoms with Gasteiger partial charge in [0.15, 0.2) is 0 Å². The maximum atomic E-state index is 8.80. The van der Waals surface area contributed by atoms with Crippen molar-refractivity contribution in [2.24, 2.45) is 4.99 Å². The van der Waals surface area contributed by atoms with Gasteiger partial charge in [0.25, 0.3) is 0 Å². The van der Waals surface area contributed by atoms with Crippen molar-refractivity contribution in [3.05, 3.63) is 0 Å². The van der Waals surface area contributed by atoms with E-state index in [0.29, 0.717) is 19.6 Å². The molecule has 0 aromatic heterocycles. The van der Waals surface area contributed by atoms with Gasteiger partial charge in [0.05, 0.1) is 19.3 Å². The number of hydrogen-bond donors (Lipinski definition) is 3. The van der Waals surface area contributed by atoms with Gasteiger partial charge in [-0.05, 0) is 6.72 Å². The summed E-state index contributed by atoms with van der Waals surface area (Å²) in [6.45, 7) is 4.84. The first-order valence-corrected chi connectivity index (χ1v) is 3.23. The molecule has 0 aliphatic heterocycles. The fourth-order valence-corrected chi connectivity index (χ4v) is 0.491. The van der Waals surface area contributed by atoms with Crippen LogP contribution in [-0.4, -0.2) is 49.3 Å². The number of rotatable bonds is 6. The Morgan fingerprint density at radius 2 is 2.30 bits per heavy atom. The smallest absolute Gasteiger partial charge is 0.0894 e. The molecule has 0 spiro atoms. The summed E-state index contributed by atoms with van der Waals surface area (Å²) in [4.78, 5) is 3.60. The Balaban J connectivity index is 2.95. The highest BCUT2D eigenvalue weighted by Crippen LogP contribution is 1.75. The summed E-state index contributed by atoms with van der Waals surface area (Å²) in [6, 6.07) is 0. The molecule has 0 unspecified atom stereocenters. The minimum absolute atomic E-state index is 0.200. The molecule has 0 saturated heterocycles. The summed E-state index contributed by atoms with van der Waals surface area (Å²) < 4.78 is 0. The molecule has 1 atom stereocenters. The summed E-state index contributed by atoms with van der Waals surface area (Å²) in [5, 5.41) is 20.1. The summed E-state index contributed by atoms with van der Waals surface area (Å²) in [5.74, 6) is 0. The van der Waals surface area contributed by atoms with Crippen LogP contribution >= 0.6 is 0 Å². The molecule has 0 aliphatic carbocycles. The SMILES string of the molecule is C=NCCNC[C@H](O)CO. The van der Waals surface area contributed by atoms with Crippen molar-refractivity contribution in [2.75, 3.05) is 26.2 Å². The first-order valence-electron chi connectivity index (χ1n) is 3.23. The molecular formula is C6H14N2O2. The number of aliphatic imine (C=N–C) groups is 1. The number of nitrogens with one attached hydrogen (secondary N) is 1. The van der Waals surface area contributed by atoms with E-state index in [1.54, 1.807) is 0 Å². The lowest BCUT2D eigenvalue weighted by Crippen LogP contribution is -2.30. The van der Waals surface area contributed by atoms with Crippen LogP contribution in [0, 0.1) is 0 Å². The third-order valence-electron chi connectivity index (χ3n) is 1.04. The summed E-state index contributed by atoms with van der Waals surface area (Å²) >= 11 is 0. The molecule has 0 radical (unpaired) electrons. The highest BCUT2D eigenvalue weighted by Gasteiger charge is 1.98. The summed E-state index contributed by atoms with van der Waals surface area (Å²) in [6.07, 6.45) is -0.662. The Labute approximate surface area is 60.6 Å². The number of aliphatic hydroxyl groups is 2. The van der Waals surface area contributed by atoms with Crippen LogP contribution in [0.1, 0.15) is 0 Å². The van der Waals surface area contributed by atoms with Gasteiger partial charge in [-0.25, -0.2) is 0 Å². The second-order valence-corrected chi connectivity index (χ2v) is 1.99. The molecule has 0 heterocycles. The normalized spacial score (nSPS) is 13.0. The summed E-state index contributed by atoms with van der Waals surface area (Å²) in [5.41, 5.74) is 0. The molecule has 0 rings (SSSR count). The topological polar surface area (TPSA) is 64.9 Å². The second kappa shape index (κ2) is 6.67. The fraction of sp³-hybridized carbons (Fsp3) is 0.833. The van der Waals surface area contributed by atoms with Gasteiger partial charge >= 0.3 is 0 Å². The average Bonchev–Trinajstić information content (AvgIpc) is 1.98. The lowest BCUT2D eigenvalue weighted by Gasteiger charge is -2.06. The number of hydrogen-bond acceptors (Lipinski definition) is 4. The molecule has 4 heteroatoms. The van der Waals surface area contributed by atoms with Crippen LogP contribution in [-0.2, 0) is 0 Å². The number of aliphatic hydroxyl groups excluding tert-OH is 2. The van der Waals surface area contributed by atoms with Crippen LogP contribution in [0.25, 0.3) is 0 Å². The predicted molar refractivity (Wildman–Crippen MR) is 40.4 cm³/mol. The highest BCUT2D eigenvalue weighted by atomic mass is 16.3. The van der Waals surface area contributed by atoms with E-state index >= 15 is 0 Å². The Hall–Kier alpha value is -0.450. The summed E-state index contributed by atoms with van der Waals surface area (Å²) in [7, 11) is 0. The van der Waals surface area contributed by atoms with Crippen molar-refractivity contribution in [1.29, 1.82) is 0 Å². The Morgan fingerprint density at radius 1 is 1.60 bits per heavy atom. The van der Waals surface area contributed by atoms with E-state index in [2.05, 4.69) is 17.0 Å². The Kier molecular flexibility index (Phi) is 6.37. The molecule has 4 nitrogen and oxygen atoms in total. The highest BCUT2D eigenvalue weighted by molar-refractivity contribution is 5.23. The molecule has 0 fully saturated rings. The molecular weight excluding hydrogens is 132 g/mol. The molecule has 0 amide bonds. The van der Waals surface area contributed by atoms with Crippen LogP contribution in [0.15, 0.2) is 4.99 Å². The zero-order chi connectivity index (χ0) is 7.82. The first-order chi connectivity index (χ1) is 4.81. The number of nitrogens with zero attached hydrogens (tertiary/aromatic N) is 1. The van der Waals surface area contributed by atoms with Gasteiger partial charge in [0.2, 0.25) is 0 Å². The van der Waals surface area contributed by atoms with E-state index in [4.69, 9.17) is 10.2 Å². The maximum absolute atomic E-state index is 8.80. The lowest BCUT2D eigenvalue weighted by molar-refractivity contribution is 0.0948. The molecule has 0 saturated carbocycles. The van der Waals surface area contributed by atoms with E-state index in [1.165, 1.54) is 0 Å². The molecule has 3 N–H and O–H groups in total. The van der Waals surface area contributed by atoms with Crippen LogP contribution in [0.3, 0.4) is 0 Å². The van der Waals surface area contributed by atoms with Crippen LogP contribution in [0.5, 0.6) is 0 Å². The largest absolute Gasteiger partial charge is 0.394 e. The van der Waals surface area contributed by atoms with Crippen molar-refractivity contribution in [1.82, 2.24) is 5.32 Å². The van der Waals surface area contributed by atoms with Crippen molar-refractivity contribution in [3.63, 3.8) is 0 Å². The molecule has 0 aliphatic rings. The third kappa shape index (κ3) is 5.68. The standard InChI is InChI=1S/C6H14N2O2/c1-7-2-3-8-4-6(10)5-9/h6,8-10H,1-5H2/t6-/m0/s1. The predicted octanol–water partition coefficient (Wildman–Crippen LogP) is -1.37. The fourth-order valence-electron chi connectivity index (χ4n) is 0.491. The quantitative estimate of drug-likeness (QED) is 0.320. The van der Waals surface area contributed by atoms with Gasteiger partial charge in [-0.1, -0.05) is 0 Å². The zero-order valence-corrected chi connectivity index (χ0v) is 5.95. The molecule has 0 aromatic carbocycles. The Morgan fingerprint density at radius 3 is 2.80 bits per heavy atom. The van der Waals surface area contributed by atoms with Crippen LogP contribution < -0.4 is 5.32 Å². The van der Waals surface area contributed by atoms with Gasteiger partial charge in [-0.15, -0.1) is 0 Å². The van der Waals surface area contributed by atoms with Crippen molar-refractivity contribution in [2.45, 2.75) is 6.10 Å². The van der Waals surface area contributed by atoms with Gasteiger partial charge in [0, 0.05) is 13.1 Å². The molecule has 10 heavy (non-hydrogen) atoms. The van der Waals surface area contributed by atoms with Crippen molar-refractivity contribution >= 4 is 6.72 Å². The van der Waals surface area contributed by atoms with E-state index in [0.717, 1.165) is 0 Å².